The summed E-state index contributed by atoms with van der Waals surface area (Å²) in [5.41, 5.74) is 11.4. The molecule has 3 N–H and O–H groups in total. The molecule has 0 saturated carbocycles. The SMILES string of the molecule is Cc1ccc(C(N)c2ccc3c(c2)C(=O)NCC3)cc1Br. The number of nitrogens with two attached hydrogens (primary N) is 1. The zero-order valence-corrected chi connectivity index (χ0v) is 13.4. The van der Waals surface area contributed by atoms with E-state index in [9.17, 15) is 4.79 Å². The summed E-state index contributed by atoms with van der Waals surface area (Å²) >= 11 is 3.54. The van der Waals surface area contributed by atoms with E-state index in [2.05, 4.69) is 21.2 Å². The standard InChI is InChI=1S/C17H17BrN2O/c1-10-2-3-13(9-15(10)18)16(19)12-5-4-11-6-7-20-17(21)14(11)8-12/h2-5,8-9,16H,6-7,19H2,1H3,(H,20,21). The molecule has 1 unspecified atom stereocenters. The van der Waals surface area contributed by atoms with E-state index in [-0.39, 0.29) is 11.9 Å². The topological polar surface area (TPSA) is 55.1 Å². The molecular formula is C17H17BrN2O. The first kappa shape index (κ1) is 14.3. The van der Waals surface area contributed by atoms with Crippen molar-refractivity contribution in [2.24, 2.45) is 5.73 Å². The Labute approximate surface area is 132 Å². The Bertz CT molecular complexity index is 712. The third-order valence-corrected chi connectivity index (χ3v) is 4.83. The molecule has 1 heterocycles. The van der Waals surface area contributed by atoms with E-state index in [1.54, 1.807) is 0 Å². The van der Waals surface area contributed by atoms with Crippen molar-refractivity contribution < 1.29 is 4.79 Å². The summed E-state index contributed by atoms with van der Waals surface area (Å²) in [6, 6.07) is 11.8. The quantitative estimate of drug-likeness (QED) is 0.879. The third kappa shape index (κ3) is 2.74. The zero-order valence-electron chi connectivity index (χ0n) is 11.8. The Morgan fingerprint density at radius 2 is 1.90 bits per heavy atom. The second-order valence-corrected chi connectivity index (χ2v) is 6.26. The normalized spacial score (nSPS) is 15.3. The first-order valence-electron chi connectivity index (χ1n) is 6.99. The highest BCUT2D eigenvalue weighted by molar-refractivity contribution is 9.10. The van der Waals surface area contributed by atoms with Crippen LogP contribution in [-0.4, -0.2) is 12.5 Å². The van der Waals surface area contributed by atoms with Gasteiger partial charge in [0.05, 0.1) is 6.04 Å². The van der Waals surface area contributed by atoms with E-state index < -0.39 is 0 Å². The van der Waals surface area contributed by atoms with E-state index in [1.807, 2.05) is 43.3 Å². The first-order valence-corrected chi connectivity index (χ1v) is 7.78. The van der Waals surface area contributed by atoms with Crippen LogP contribution in [0.3, 0.4) is 0 Å². The minimum absolute atomic E-state index is 0.00427. The van der Waals surface area contributed by atoms with Gasteiger partial charge in [-0.3, -0.25) is 4.79 Å². The van der Waals surface area contributed by atoms with E-state index in [1.165, 1.54) is 5.56 Å². The van der Waals surface area contributed by atoms with Crippen LogP contribution in [0.5, 0.6) is 0 Å². The molecule has 21 heavy (non-hydrogen) atoms. The van der Waals surface area contributed by atoms with Gasteiger partial charge in [0.15, 0.2) is 0 Å². The molecule has 1 aliphatic rings. The summed E-state index contributed by atoms with van der Waals surface area (Å²) in [7, 11) is 0. The van der Waals surface area contributed by atoms with Crippen LogP contribution in [0, 0.1) is 6.92 Å². The molecule has 0 saturated heterocycles. The van der Waals surface area contributed by atoms with Crippen molar-refractivity contribution in [3.8, 4) is 0 Å². The van der Waals surface area contributed by atoms with Crippen molar-refractivity contribution in [3.05, 3.63) is 68.7 Å². The number of halogens is 1. The Hall–Kier alpha value is -1.65. The molecule has 4 heteroatoms. The molecule has 2 aromatic rings. The molecular weight excluding hydrogens is 328 g/mol. The van der Waals surface area contributed by atoms with Crippen molar-refractivity contribution in [1.82, 2.24) is 5.32 Å². The molecule has 108 valence electrons. The molecule has 3 nitrogen and oxygen atoms in total. The maximum absolute atomic E-state index is 11.9. The largest absolute Gasteiger partial charge is 0.352 e. The van der Waals surface area contributed by atoms with Crippen LogP contribution < -0.4 is 11.1 Å². The number of hydrogen-bond donors (Lipinski definition) is 2. The van der Waals surface area contributed by atoms with Crippen LogP contribution in [0.2, 0.25) is 0 Å². The minimum Gasteiger partial charge on any atom is -0.352 e. The fraction of sp³-hybridized carbons (Fsp3) is 0.235. The van der Waals surface area contributed by atoms with Crippen LogP contribution in [0.1, 0.15) is 38.7 Å². The Morgan fingerprint density at radius 3 is 2.67 bits per heavy atom. The van der Waals surface area contributed by atoms with Crippen LogP contribution >= 0.6 is 15.9 Å². The first-order chi connectivity index (χ1) is 10.1. The van der Waals surface area contributed by atoms with Gasteiger partial charge in [0.2, 0.25) is 0 Å². The number of nitrogens with one attached hydrogen (secondary N) is 1. The van der Waals surface area contributed by atoms with E-state index in [0.717, 1.165) is 33.1 Å². The number of fused-ring (bicyclic) bond motifs is 1. The van der Waals surface area contributed by atoms with Gasteiger partial charge in [-0.15, -0.1) is 0 Å². The molecule has 2 aromatic carbocycles. The lowest BCUT2D eigenvalue weighted by atomic mass is 9.92. The summed E-state index contributed by atoms with van der Waals surface area (Å²) in [6.45, 7) is 2.75. The van der Waals surface area contributed by atoms with Gasteiger partial charge in [-0.2, -0.15) is 0 Å². The molecule has 0 bridgehead atoms. The molecule has 3 rings (SSSR count). The maximum atomic E-state index is 11.9. The lowest BCUT2D eigenvalue weighted by Gasteiger charge is -2.20. The van der Waals surface area contributed by atoms with E-state index in [4.69, 9.17) is 5.73 Å². The van der Waals surface area contributed by atoms with Crippen molar-refractivity contribution in [1.29, 1.82) is 0 Å². The lowest BCUT2D eigenvalue weighted by molar-refractivity contribution is 0.0946. The van der Waals surface area contributed by atoms with Crippen LogP contribution in [0.15, 0.2) is 40.9 Å². The third-order valence-electron chi connectivity index (χ3n) is 3.97. The number of benzene rings is 2. The highest BCUT2D eigenvalue weighted by Gasteiger charge is 2.19. The number of carbonyl (C=O) groups is 1. The van der Waals surface area contributed by atoms with Gasteiger partial charge in [-0.05, 0) is 47.7 Å². The maximum Gasteiger partial charge on any atom is 0.251 e. The Morgan fingerprint density at radius 1 is 1.19 bits per heavy atom. The number of rotatable bonds is 2. The predicted molar refractivity (Wildman–Crippen MR) is 87.4 cm³/mol. The molecule has 1 atom stereocenters. The van der Waals surface area contributed by atoms with Gasteiger partial charge in [-0.25, -0.2) is 0 Å². The van der Waals surface area contributed by atoms with Gasteiger partial charge in [0.1, 0.15) is 0 Å². The highest BCUT2D eigenvalue weighted by atomic mass is 79.9. The number of amides is 1. The second kappa shape index (κ2) is 5.62. The van der Waals surface area contributed by atoms with Gasteiger partial charge >= 0.3 is 0 Å². The Kier molecular flexibility index (Phi) is 3.83. The summed E-state index contributed by atoms with van der Waals surface area (Å²) in [5.74, 6) is -0.00427. The monoisotopic (exact) mass is 344 g/mol. The number of carbonyl (C=O) groups excluding carboxylic acids is 1. The summed E-state index contributed by atoms with van der Waals surface area (Å²) in [6.07, 6.45) is 0.882. The van der Waals surface area contributed by atoms with Crippen molar-refractivity contribution in [2.75, 3.05) is 6.54 Å². The number of aryl methyl sites for hydroxylation is 1. The predicted octanol–water partition coefficient (Wildman–Crippen LogP) is 3.09. The van der Waals surface area contributed by atoms with Crippen molar-refractivity contribution >= 4 is 21.8 Å². The molecule has 0 spiro atoms. The fourth-order valence-corrected chi connectivity index (χ4v) is 3.01. The van der Waals surface area contributed by atoms with Gasteiger partial charge in [-0.1, -0.05) is 40.2 Å². The molecule has 0 fully saturated rings. The van der Waals surface area contributed by atoms with Crippen molar-refractivity contribution in [2.45, 2.75) is 19.4 Å². The molecule has 1 amide bonds. The Balaban J connectivity index is 1.98. The van der Waals surface area contributed by atoms with Gasteiger partial charge in [0, 0.05) is 16.6 Å². The number of hydrogen-bond acceptors (Lipinski definition) is 2. The van der Waals surface area contributed by atoms with E-state index in [0.29, 0.717) is 6.54 Å². The van der Waals surface area contributed by atoms with Gasteiger partial charge in [0.25, 0.3) is 5.91 Å². The van der Waals surface area contributed by atoms with Crippen LogP contribution in [-0.2, 0) is 6.42 Å². The summed E-state index contributed by atoms with van der Waals surface area (Å²) in [5, 5.41) is 2.87. The minimum atomic E-state index is -0.234. The lowest BCUT2D eigenvalue weighted by Crippen LogP contribution is -2.32. The van der Waals surface area contributed by atoms with E-state index >= 15 is 0 Å². The highest BCUT2D eigenvalue weighted by Crippen LogP contribution is 2.27. The second-order valence-electron chi connectivity index (χ2n) is 5.41. The zero-order chi connectivity index (χ0) is 15.0. The van der Waals surface area contributed by atoms with Crippen molar-refractivity contribution in [3.63, 3.8) is 0 Å². The average molecular weight is 345 g/mol. The molecule has 0 radical (unpaired) electrons. The molecule has 0 aromatic heterocycles. The molecule has 1 aliphatic heterocycles. The average Bonchev–Trinajstić information content (AvgIpc) is 2.49. The van der Waals surface area contributed by atoms with Gasteiger partial charge < -0.3 is 11.1 Å². The fourth-order valence-electron chi connectivity index (χ4n) is 2.62. The molecule has 0 aliphatic carbocycles. The van der Waals surface area contributed by atoms with Crippen LogP contribution in [0.25, 0.3) is 0 Å². The summed E-state index contributed by atoms with van der Waals surface area (Å²) in [4.78, 5) is 11.9. The smallest absolute Gasteiger partial charge is 0.251 e. The summed E-state index contributed by atoms with van der Waals surface area (Å²) < 4.78 is 1.05. The van der Waals surface area contributed by atoms with Crippen LogP contribution in [0.4, 0.5) is 0 Å².